The predicted molar refractivity (Wildman–Crippen MR) is 63.6 cm³/mol. The Morgan fingerprint density at radius 2 is 2.20 bits per heavy atom. The van der Waals surface area contributed by atoms with Gasteiger partial charge in [0.2, 0.25) is 0 Å². The Morgan fingerprint density at radius 1 is 1.40 bits per heavy atom. The van der Waals surface area contributed by atoms with Crippen LogP contribution in [0.1, 0.15) is 38.7 Å². The van der Waals surface area contributed by atoms with Gasteiger partial charge in [-0.3, -0.25) is 4.98 Å². The van der Waals surface area contributed by atoms with Gasteiger partial charge in [-0.25, -0.2) is 0 Å². The van der Waals surface area contributed by atoms with Crippen molar-refractivity contribution in [1.29, 1.82) is 0 Å². The summed E-state index contributed by atoms with van der Waals surface area (Å²) < 4.78 is 0. The lowest BCUT2D eigenvalue weighted by atomic mass is 9.85. The van der Waals surface area contributed by atoms with Gasteiger partial charge in [0.25, 0.3) is 0 Å². The van der Waals surface area contributed by atoms with Gasteiger partial charge in [0.15, 0.2) is 0 Å². The number of hydrogen-bond donors (Lipinski definition) is 0. The second-order valence-electron chi connectivity index (χ2n) is 5.25. The van der Waals surface area contributed by atoms with Crippen LogP contribution in [0.25, 0.3) is 0 Å². The summed E-state index contributed by atoms with van der Waals surface area (Å²) in [6.45, 7) is 4.70. The molecule has 0 amide bonds. The van der Waals surface area contributed by atoms with E-state index >= 15 is 0 Å². The zero-order valence-electron chi connectivity index (χ0n) is 9.82. The molecule has 0 bridgehead atoms. The molecule has 1 aromatic heterocycles. The minimum absolute atomic E-state index is 0.797. The van der Waals surface area contributed by atoms with Crippen molar-refractivity contribution in [2.75, 3.05) is 0 Å². The van der Waals surface area contributed by atoms with Gasteiger partial charge >= 0.3 is 0 Å². The van der Waals surface area contributed by atoms with Crippen molar-refractivity contribution in [2.24, 2.45) is 17.8 Å². The Hall–Kier alpha value is -0.850. The van der Waals surface area contributed by atoms with Gasteiger partial charge < -0.3 is 0 Å². The molecule has 1 aliphatic carbocycles. The highest BCUT2D eigenvalue weighted by Crippen LogP contribution is 2.38. The maximum Gasteiger partial charge on any atom is 0.0299 e. The lowest BCUT2D eigenvalue weighted by molar-refractivity contribution is 0.340. The maximum absolute atomic E-state index is 4.19. The van der Waals surface area contributed by atoms with E-state index in [-0.39, 0.29) is 0 Å². The molecule has 1 saturated carbocycles. The first-order valence-corrected chi connectivity index (χ1v) is 6.14. The first-order chi connectivity index (χ1) is 7.25. The minimum Gasteiger partial charge on any atom is -0.264 e. The molecule has 1 unspecified atom stereocenters. The SMILES string of the molecule is CC(C)C(Cc1cccnc1)CC1CC1. The van der Waals surface area contributed by atoms with Crippen LogP contribution in [-0.2, 0) is 6.42 Å². The van der Waals surface area contributed by atoms with Crippen LogP contribution >= 0.6 is 0 Å². The van der Waals surface area contributed by atoms with Gasteiger partial charge in [-0.1, -0.05) is 32.8 Å². The normalized spacial score (nSPS) is 18.1. The van der Waals surface area contributed by atoms with Crippen LogP contribution in [0.2, 0.25) is 0 Å². The third-order valence-electron chi connectivity index (χ3n) is 3.50. The van der Waals surface area contributed by atoms with Crippen LogP contribution in [-0.4, -0.2) is 4.98 Å². The lowest BCUT2D eigenvalue weighted by Gasteiger charge is -2.20. The molecule has 0 aliphatic heterocycles. The Kier molecular flexibility index (Phi) is 3.40. The Morgan fingerprint density at radius 3 is 2.73 bits per heavy atom. The summed E-state index contributed by atoms with van der Waals surface area (Å²) in [6.07, 6.45) is 9.44. The molecule has 2 rings (SSSR count). The second-order valence-corrected chi connectivity index (χ2v) is 5.25. The zero-order chi connectivity index (χ0) is 10.7. The van der Waals surface area contributed by atoms with E-state index in [1.165, 1.54) is 31.2 Å². The average molecular weight is 203 g/mol. The molecule has 15 heavy (non-hydrogen) atoms. The van der Waals surface area contributed by atoms with E-state index in [4.69, 9.17) is 0 Å². The predicted octanol–water partition coefficient (Wildman–Crippen LogP) is 3.70. The van der Waals surface area contributed by atoms with Crippen molar-refractivity contribution in [3.63, 3.8) is 0 Å². The van der Waals surface area contributed by atoms with Crippen molar-refractivity contribution in [1.82, 2.24) is 4.98 Å². The molecular weight excluding hydrogens is 182 g/mol. The maximum atomic E-state index is 4.19. The fourth-order valence-electron chi connectivity index (χ4n) is 2.19. The highest BCUT2D eigenvalue weighted by atomic mass is 14.6. The number of aromatic nitrogens is 1. The van der Waals surface area contributed by atoms with Crippen molar-refractivity contribution in [2.45, 2.75) is 39.5 Å². The van der Waals surface area contributed by atoms with Crippen LogP contribution in [0.5, 0.6) is 0 Å². The molecule has 1 heteroatoms. The van der Waals surface area contributed by atoms with E-state index in [9.17, 15) is 0 Å². The van der Waals surface area contributed by atoms with E-state index < -0.39 is 0 Å². The summed E-state index contributed by atoms with van der Waals surface area (Å²) >= 11 is 0. The molecule has 0 spiro atoms. The fraction of sp³-hybridized carbons (Fsp3) is 0.643. The quantitative estimate of drug-likeness (QED) is 0.711. The van der Waals surface area contributed by atoms with Gasteiger partial charge in [0.05, 0.1) is 0 Å². The summed E-state index contributed by atoms with van der Waals surface area (Å²) in [5.41, 5.74) is 1.40. The Bertz CT molecular complexity index is 287. The van der Waals surface area contributed by atoms with E-state index in [0.29, 0.717) is 0 Å². The zero-order valence-corrected chi connectivity index (χ0v) is 9.82. The molecule has 0 N–H and O–H groups in total. The van der Waals surface area contributed by atoms with Crippen LogP contribution in [0.3, 0.4) is 0 Å². The van der Waals surface area contributed by atoms with Crippen LogP contribution in [0.15, 0.2) is 24.5 Å². The third kappa shape index (κ3) is 3.33. The van der Waals surface area contributed by atoms with Crippen LogP contribution in [0.4, 0.5) is 0 Å². The number of hydrogen-bond acceptors (Lipinski definition) is 1. The number of nitrogens with zero attached hydrogens (tertiary/aromatic N) is 1. The molecule has 0 radical (unpaired) electrons. The van der Waals surface area contributed by atoms with Crippen molar-refractivity contribution >= 4 is 0 Å². The molecular formula is C14H21N. The van der Waals surface area contributed by atoms with Gasteiger partial charge in [-0.05, 0) is 42.2 Å². The van der Waals surface area contributed by atoms with Crippen LogP contribution < -0.4 is 0 Å². The fourth-order valence-corrected chi connectivity index (χ4v) is 2.19. The highest BCUT2D eigenvalue weighted by Gasteiger charge is 2.26. The topological polar surface area (TPSA) is 12.9 Å². The highest BCUT2D eigenvalue weighted by molar-refractivity contribution is 5.09. The molecule has 0 aromatic carbocycles. The Balaban J connectivity index is 1.93. The summed E-state index contributed by atoms with van der Waals surface area (Å²) in [6, 6.07) is 4.25. The molecule has 1 atom stereocenters. The largest absolute Gasteiger partial charge is 0.264 e. The van der Waals surface area contributed by atoms with Crippen molar-refractivity contribution in [3.05, 3.63) is 30.1 Å². The number of pyridine rings is 1. The van der Waals surface area contributed by atoms with Crippen molar-refractivity contribution in [3.8, 4) is 0 Å². The summed E-state index contributed by atoms with van der Waals surface area (Å²) in [7, 11) is 0. The molecule has 1 fully saturated rings. The lowest BCUT2D eigenvalue weighted by Crippen LogP contribution is -2.13. The third-order valence-corrected chi connectivity index (χ3v) is 3.50. The standard InChI is InChI=1S/C14H21N/c1-11(2)14(8-12-5-6-12)9-13-4-3-7-15-10-13/h3-4,7,10-12,14H,5-6,8-9H2,1-2H3. The molecule has 1 heterocycles. The van der Waals surface area contributed by atoms with Gasteiger partial charge in [-0.2, -0.15) is 0 Å². The van der Waals surface area contributed by atoms with E-state index in [0.717, 1.165) is 17.8 Å². The minimum atomic E-state index is 0.797. The summed E-state index contributed by atoms with van der Waals surface area (Å²) in [5, 5.41) is 0. The summed E-state index contributed by atoms with van der Waals surface area (Å²) in [5.74, 6) is 2.68. The monoisotopic (exact) mass is 203 g/mol. The van der Waals surface area contributed by atoms with E-state index in [1.54, 1.807) is 0 Å². The van der Waals surface area contributed by atoms with E-state index in [2.05, 4.69) is 24.9 Å². The van der Waals surface area contributed by atoms with Gasteiger partial charge in [-0.15, -0.1) is 0 Å². The van der Waals surface area contributed by atoms with Gasteiger partial charge in [0, 0.05) is 12.4 Å². The number of rotatable bonds is 5. The average Bonchev–Trinajstić information content (AvgIpc) is 3.02. The first kappa shape index (κ1) is 10.7. The van der Waals surface area contributed by atoms with E-state index in [1.807, 2.05) is 18.5 Å². The molecule has 1 nitrogen and oxygen atoms in total. The second kappa shape index (κ2) is 4.78. The smallest absolute Gasteiger partial charge is 0.0299 e. The molecule has 1 aromatic rings. The molecule has 0 saturated heterocycles. The molecule has 1 aliphatic rings. The van der Waals surface area contributed by atoms with Crippen LogP contribution in [0, 0.1) is 17.8 Å². The first-order valence-electron chi connectivity index (χ1n) is 6.14. The summed E-state index contributed by atoms with van der Waals surface area (Å²) in [4.78, 5) is 4.19. The Labute approximate surface area is 92.9 Å². The van der Waals surface area contributed by atoms with Gasteiger partial charge in [0.1, 0.15) is 0 Å². The molecule has 82 valence electrons. The van der Waals surface area contributed by atoms with Crippen molar-refractivity contribution < 1.29 is 0 Å².